The van der Waals surface area contributed by atoms with Gasteiger partial charge in [-0.3, -0.25) is 19.8 Å². The van der Waals surface area contributed by atoms with Gasteiger partial charge in [0.1, 0.15) is 0 Å². The molecule has 1 fully saturated rings. The van der Waals surface area contributed by atoms with Gasteiger partial charge in [0, 0.05) is 44.4 Å². The lowest BCUT2D eigenvalue weighted by molar-refractivity contribution is -0.384. The number of fused-ring (bicyclic) bond motifs is 1. The molecule has 2 heterocycles. The van der Waals surface area contributed by atoms with Crippen LogP contribution in [0, 0.1) is 10.1 Å². The highest BCUT2D eigenvalue weighted by atomic mass is 16.6. The molecule has 1 N–H and O–H groups in total. The highest BCUT2D eigenvalue weighted by Crippen LogP contribution is 2.31. The van der Waals surface area contributed by atoms with E-state index in [9.17, 15) is 14.9 Å². The molecule has 0 bridgehead atoms. The fraction of sp³-hybridized carbons (Fsp3) is 0.533. The molecular weight excluding hydrogens is 284 g/mol. The van der Waals surface area contributed by atoms with Crippen molar-refractivity contribution in [1.29, 1.82) is 0 Å². The molecule has 1 atom stereocenters. The van der Waals surface area contributed by atoms with Gasteiger partial charge in [0.15, 0.2) is 0 Å². The molecule has 0 aliphatic carbocycles. The number of carbonyl (C=O) groups excluding carboxylic acids is 1. The van der Waals surface area contributed by atoms with E-state index in [0.717, 1.165) is 31.6 Å². The number of anilines is 1. The summed E-state index contributed by atoms with van der Waals surface area (Å²) in [5.74, 6) is 0.0213. The van der Waals surface area contributed by atoms with E-state index in [1.165, 1.54) is 12.1 Å². The summed E-state index contributed by atoms with van der Waals surface area (Å²) < 4.78 is 0. The van der Waals surface area contributed by atoms with Crippen LogP contribution in [0.4, 0.5) is 11.4 Å². The van der Waals surface area contributed by atoms with Crippen LogP contribution in [0.1, 0.15) is 12.5 Å². The molecular formula is C15H20N4O3. The number of non-ortho nitro benzene ring substituents is 1. The van der Waals surface area contributed by atoms with E-state index in [0.29, 0.717) is 24.8 Å². The average Bonchev–Trinajstić information content (AvgIpc) is 2.92. The molecule has 0 radical (unpaired) electrons. The van der Waals surface area contributed by atoms with Gasteiger partial charge in [0.05, 0.1) is 17.2 Å². The fourth-order valence-corrected chi connectivity index (χ4v) is 3.12. The number of benzene rings is 1. The van der Waals surface area contributed by atoms with Crippen LogP contribution in [-0.4, -0.2) is 54.5 Å². The lowest BCUT2D eigenvalue weighted by Crippen LogP contribution is -2.53. The lowest BCUT2D eigenvalue weighted by atomic mass is 10.1. The molecule has 118 valence electrons. The van der Waals surface area contributed by atoms with Crippen LogP contribution in [0.5, 0.6) is 0 Å². The molecule has 0 spiro atoms. The third-order valence-electron chi connectivity index (χ3n) is 4.45. The monoisotopic (exact) mass is 304 g/mol. The zero-order chi connectivity index (χ0) is 15.7. The standard InChI is InChI=1S/C15H20N4O3/c1-11-9-16-5-7-17(11)10-15(20)18-6-4-12-2-3-13(19(21)22)8-14(12)18/h2-3,8,11,16H,4-7,9-10H2,1H3/t11-/m1/s1. The largest absolute Gasteiger partial charge is 0.314 e. The van der Waals surface area contributed by atoms with E-state index < -0.39 is 4.92 Å². The van der Waals surface area contributed by atoms with Gasteiger partial charge in [0.25, 0.3) is 5.69 Å². The van der Waals surface area contributed by atoms with Crippen LogP contribution in [0.2, 0.25) is 0 Å². The summed E-state index contributed by atoms with van der Waals surface area (Å²) in [6, 6.07) is 5.10. The van der Waals surface area contributed by atoms with Gasteiger partial charge in [-0.05, 0) is 18.9 Å². The summed E-state index contributed by atoms with van der Waals surface area (Å²) in [6.45, 7) is 5.69. The molecule has 7 nitrogen and oxygen atoms in total. The first kappa shape index (κ1) is 14.9. The Morgan fingerprint density at radius 1 is 1.45 bits per heavy atom. The highest BCUT2D eigenvalue weighted by Gasteiger charge is 2.29. The fourth-order valence-electron chi connectivity index (χ4n) is 3.12. The predicted molar refractivity (Wildman–Crippen MR) is 83.1 cm³/mol. The molecule has 0 saturated carbocycles. The van der Waals surface area contributed by atoms with Gasteiger partial charge < -0.3 is 10.2 Å². The molecule has 22 heavy (non-hydrogen) atoms. The van der Waals surface area contributed by atoms with Gasteiger partial charge in [-0.15, -0.1) is 0 Å². The zero-order valence-electron chi connectivity index (χ0n) is 12.6. The Kier molecular flexibility index (Phi) is 4.08. The number of nitrogens with zero attached hydrogens (tertiary/aromatic N) is 3. The van der Waals surface area contributed by atoms with Gasteiger partial charge in [0.2, 0.25) is 5.91 Å². The van der Waals surface area contributed by atoms with Crippen molar-refractivity contribution >= 4 is 17.3 Å². The van der Waals surface area contributed by atoms with Crippen LogP contribution in [0.15, 0.2) is 18.2 Å². The Bertz CT molecular complexity index is 604. The van der Waals surface area contributed by atoms with Crippen molar-refractivity contribution in [2.45, 2.75) is 19.4 Å². The van der Waals surface area contributed by atoms with E-state index in [-0.39, 0.29) is 11.6 Å². The van der Waals surface area contributed by atoms with Gasteiger partial charge in [-0.25, -0.2) is 0 Å². The van der Waals surface area contributed by atoms with Crippen LogP contribution in [0.3, 0.4) is 0 Å². The van der Waals surface area contributed by atoms with E-state index in [2.05, 4.69) is 17.1 Å². The first-order valence-corrected chi connectivity index (χ1v) is 7.58. The first-order valence-electron chi connectivity index (χ1n) is 7.58. The maximum atomic E-state index is 12.6. The number of hydrogen-bond donors (Lipinski definition) is 1. The number of nitro benzene ring substituents is 1. The second-order valence-corrected chi connectivity index (χ2v) is 5.89. The normalized spacial score (nSPS) is 21.7. The molecule has 1 saturated heterocycles. The van der Waals surface area contributed by atoms with Gasteiger partial charge in [-0.2, -0.15) is 0 Å². The summed E-state index contributed by atoms with van der Waals surface area (Å²) >= 11 is 0. The third-order valence-corrected chi connectivity index (χ3v) is 4.45. The van der Waals surface area contributed by atoms with Crippen molar-refractivity contribution in [1.82, 2.24) is 10.2 Å². The number of nitrogens with one attached hydrogen (secondary N) is 1. The summed E-state index contributed by atoms with van der Waals surface area (Å²) in [5, 5.41) is 14.2. The lowest BCUT2D eigenvalue weighted by Gasteiger charge is -2.34. The highest BCUT2D eigenvalue weighted by molar-refractivity contribution is 5.97. The SMILES string of the molecule is C[C@@H]1CNCCN1CC(=O)N1CCc2ccc([N+](=O)[O-])cc21. The van der Waals surface area contributed by atoms with Crippen molar-refractivity contribution in [3.05, 3.63) is 33.9 Å². The average molecular weight is 304 g/mol. The number of nitro groups is 1. The number of hydrogen-bond acceptors (Lipinski definition) is 5. The van der Waals surface area contributed by atoms with Crippen LogP contribution < -0.4 is 10.2 Å². The van der Waals surface area contributed by atoms with Crippen LogP contribution >= 0.6 is 0 Å². The van der Waals surface area contributed by atoms with E-state index in [4.69, 9.17) is 0 Å². The van der Waals surface area contributed by atoms with E-state index in [1.54, 1.807) is 11.0 Å². The quantitative estimate of drug-likeness (QED) is 0.659. The molecule has 3 rings (SSSR count). The van der Waals surface area contributed by atoms with Gasteiger partial charge >= 0.3 is 0 Å². The van der Waals surface area contributed by atoms with Gasteiger partial charge in [-0.1, -0.05) is 6.07 Å². The molecule has 0 unspecified atom stereocenters. The van der Waals surface area contributed by atoms with E-state index in [1.807, 2.05) is 0 Å². The second kappa shape index (κ2) is 6.02. The summed E-state index contributed by atoms with van der Waals surface area (Å²) in [4.78, 5) is 27.0. The summed E-state index contributed by atoms with van der Waals surface area (Å²) in [5.41, 5.74) is 1.74. The first-order chi connectivity index (χ1) is 10.6. The minimum absolute atomic E-state index is 0.0213. The number of piperazine rings is 1. The molecule has 7 heteroatoms. The Hall–Kier alpha value is -1.99. The third kappa shape index (κ3) is 2.82. The Morgan fingerprint density at radius 2 is 2.27 bits per heavy atom. The number of amides is 1. The van der Waals surface area contributed by atoms with Crippen molar-refractivity contribution in [3.63, 3.8) is 0 Å². The minimum Gasteiger partial charge on any atom is -0.314 e. The van der Waals surface area contributed by atoms with E-state index >= 15 is 0 Å². The predicted octanol–water partition coefficient (Wildman–Crippen LogP) is 0.778. The Labute approximate surface area is 129 Å². The molecule has 1 aromatic rings. The Morgan fingerprint density at radius 3 is 3.00 bits per heavy atom. The van der Waals surface area contributed by atoms with Crippen molar-refractivity contribution < 1.29 is 9.72 Å². The number of rotatable bonds is 3. The minimum atomic E-state index is -0.417. The van der Waals surface area contributed by atoms with Crippen molar-refractivity contribution in [2.75, 3.05) is 37.6 Å². The van der Waals surface area contributed by atoms with Crippen LogP contribution in [0.25, 0.3) is 0 Å². The van der Waals surface area contributed by atoms with Crippen molar-refractivity contribution in [3.8, 4) is 0 Å². The summed E-state index contributed by atoms with van der Waals surface area (Å²) in [7, 11) is 0. The molecule has 2 aliphatic rings. The maximum Gasteiger partial charge on any atom is 0.271 e. The topological polar surface area (TPSA) is 78.7 Å². The molecule has 1 aromatic carbocycles. The second-order valence-electron chi connectivity index (χ2n) is 5.89. The Balaban J connectivity index is 1.75. The molecule has 2 aliphatic heterocycles. The zero-order valence-corrected chi connectivity index (χ0v) is 12.6. The maximum absolute atomic E-state index is 12.6. The van der Waals surface area contributed by atoms with Crippen LogP contribution in [-0.2, 0) is 11.2 Å². The number of carbonyl (C=O) groups is 1. The smallest absolute Gasteiger partial charge is 0.271 e. The molecule has 0 aromatic heterocycles. The van der Waals surface area contributed by atoms with Crippen molar-refractivity contribution in [2.24, 2.45) is 0 Å². The summed E-state index contributed by atoms with van der Waals surface area (Å²) in [6.07, 6.45) is 0.760. The molecule has 1 amide bonds.